The number of primary amides is 1. The first-order valence-electron chi connectivity index (χ1n) is 19.3. The number of carboxylic acids is 1. The summed E-state index contributed by atoms with van der Waals surface area (Å²) in [6, 6.07) is 9.33. The SMILES string of the molecule is COCCC(C)Oc1ccc(C[C@H](NC(=O)CCC(=O)O)C(=O)N[C@H](C(=O)N[C@@H](CCCNC(N)=O)C(=O)Nc2ccc(COC(=O)C(C)(C)C)cc2)C(C)C)cc1. The number of hydrogen-bond acceptors (Lipinski definition) is 10. The van der Waals surface area contributed by atoms with E-state index in [9.17, 15) is 33.6 Å². The molecule has 0 fully saturated rings. The Balaban J connectivity index is 2.24. The van der Waals surface area contributed by atoms with E-state index >= 15 is 0 Å². The number of nitrogens with one attached hydrogen (secondary N) is 5. The Morgan fingerprint density at radius 2 is 1.41 bits per heavy atom. The number of benzene rings is 2. The summed E-state index contributed by atoms with van der Waals surface area (Å²) < 4.78 is 16.4. The van der Waals surface area contributed by atoms with Gasteiger partial charge in [0.25, 0.3) is 0 Å². The first-order chi connectivity index (χ1) is 27.3. The number of nitrogens with two attached hydrogens (primary N) is 1. The van der Waals surface area contributed by atoms with Crippen LogP contribution in [0.2, 0.25) is 0 Å². The van der Waals surface area contributed by atoms with Crippen molar-refractivity contribution in [3.8, 4) is 5.75 Å². The number of hydrogen-bond donors (Lipinski definition) is 7. The van der Waals surface area contributed by atoms with Crippen LogP contribution in [0.1, 0.15) is 84.8 Å². The van der Waals surface area contributed by atoms with E-state index in [0.717, 1.165) is 0 Å². The third kappa shape index (κ3) is 18.5. The average molecular weight is 813 g/mol. The molecule has 0 aromatic heterocycles. The third-order valence-corrected chi connectivity index (χ3v) is 8.70. The highest BCUT2D eigenvalue weighted by Crippen LogP contribution is 2.19. The molecular formula is C41H60N6O11. The molecule has 0 bridgehead atoms. The number of carboxylic acid groups (broad SMARTS) is 1. The molecule has 0 saturated carbocycles. The van der Waals surface area contributed by atoms with E-state index in [1.807, 2.05) is 6.92 Å². The topological polar surface area (TPSA) is 254 Å². The fourth-order valence-electron chi connectivity index (χ4n) is 5.33. The van der Waals surface area contributed by atoms with Crippen LogP contribution >= 0.6 is 0 Å². The van der Waals surface area contributed by atoms with E-state index in [4.69, 9.17) is 25.1 Å². The van der Waals surface area contributed by atoms with Crippen molar-refractivity contribution >= 4 is 47.3 Å². The van der Waals surface area contributed by atoms with E-state index in [1.54, 1.807) is 90.3 Å². The first-order valence-corrected chi connectivity index (χ1v) is 19.3. The van der Waals surface area contributed by atoms with Crippen molar-refractivity contribution in [3.05, 3.63) is 59.7 Å². The number of carbonyl (C=O) groups excluding carboxylic acids is 6. The fourth-order valence-corrected chi connectivity index (χ4v) is 5.33. The maximum atomic E-state index is 13.8. The van der Waals surface area contributed by atoms with Gasteiger partial charge in [-0.1, -0.05) is 38.1 Å². The molecule has 320 valence electrons. The van der Waals surface area contributed by atoms with Crippen molar-refractivity contribution in [1.82, 2.24) is 21.3 Å². The van der Waals surface area contributed by atoms with E-state index < -0.39 is 71.5 Å². The molecule has 17 heteroatoms. The quantitative estimate of drug-likeness (QED) is 0.0599. The standard InChI is InChI=1S/C41H60N6O11/c1-25(2)35(47-37(52)32(45-33(48)18-19-34(49)50)23-27-12-16-30(17-13-27)58-26(3)20-22-56-7)38(53)46-31(9-8-21-43-40(42)55)36(51)44-29-14-10-28(11-15-29)24-57-39(54)41(4,5)6/h10-17,25-26,31-32,35H,8-9,18-24H2,1-7H3,(H,44,51)(H,45,48)(H,46,53)(H,47,52)(H,49,50)(H3,42,43,55)/t26?,31-,32-,35-/m0/s1. The normalized spacial score (nSPS) is 13.2. The smallest absolute Gasteiger partial charge is 0.312 e. The van der Waals surface area contributed by atoms with Crippen LogP contribution in [0.4, 0.5) is 10.5 Å². The van der Waals surface area contributed by atoms with Crippen molar-refractivity contribution in [2.45, 2.75) is 111 Å². The number of amides is 6. The summed E-state index contributed by atoms with van der Waals surface area (Å²) in [5.41, 5.74) is 6.28. The molecule has 0 spiro atoms. The van der Waals surface area contributed by atoms with E-state index in [1.165, 1.54) is 0 Å². The molecule has 0 aliphatic carbocycles. The highest BCUT2D eigenvalue weighted by molar-refractivity contribution is 5.99. The second kappa shape index (κ2) is 24.1. The van der Waals surface area contributed by atoms with Crippen LogP contribution < -0.4 is 37.1 Å². The minimum absolute atomic E-state index is 0.00624. The number of ether oxygens (including phenoxy) is 3. The van der Waals surface area contributed by atoms with E-state index in [2.05, 4.69) is 26.6 Å². The van der Waals surface area contributed by atoms with Gasteiger partial charge in [-0.15, -0.1) is 0 Å². The van der Waals surface area contributed by atoms with Gasteiger partial charge in [0.05, 0.1) is 17.9 Å². The van der Waals surface area contributed by atoms with Crippen LogP contribution in [0.25, 0.3) is 0 Å². The van der Waals surface area contributed by atoms with Gasteiger partial charge in [0.2, 0.25) is 23.6 Å². The van der Waals surface area contributed by atoms with Crippen LogP contribution in [-0.2, 0) is 51.3 Å². The predicted molar refractivity (Wildman–Crippen MR) is 215 cm³/mol. The van der Waals surface area contributed by atoms with Crippen LogP contribution in [-0.4, -0.2) is 91.2 Å². The van der Waals surface area contributed by atoms with Crippen molar-refractivity contribution in [2.24, 2.45) is 17.1 Å². The second-order valence-corrected chi connectivity index (χ2v) is 15.3. The minimum atomic E-state index is -1.19. The lowest BCUT2D eigenvalue weighted by molar-refractivity contribution is -0.154. The van der Waals surface area contributed by atoms with Crippen LogP contribution in [0.5, 0.6) is 5.75 Å². The molecule has 0 aliphatic rings. The summed E-state index contributed by atoms with van der Waals surface area (Å²) in [5.74, 6) is -4.05. The maximum absolute atomic E-state index is 13.8. The van der Waals surface area contributed by atoms with E-state index in [-0.39, 0.29) is 50.9 Å². The summed E-state index contributed by atoms with van der Waals surface area (Å²) in [6.07, 6.45) is 0.112. The zero-order chi connectivity index (χ0) is 43.4. The van der Waals surface area contributed by atoms with Gasteiger partial charge in [0.1, 0.15) is 30.5 Å². The Bertz CT molecular complexity index is 1680. The van der Waals surface area contributed by atoms with Gasteiger partial charge in [-0.2, -0.15) is 0 Å². The second-order valence-electron chi connectivity index (χ2n) is 15.3. The monoisotopic (exact) mass is 812 g/mol. The zero-order valence-corrected chi connectivity index (χ0v) is 34.5. The fraction of sp³-hybridized carbons (Fsp3) is 0.537. The molecule has 0 saturated heterocycles. The van der Waals surface area contributed by atoms with Gasteiger partial charge >= 0.3 is 18.0 Å². The largest absolute Gasteiger partial charge is 0.491 e. The molecule has 0 heterocycles. The van der Waals surface area contributed by atoms with Crippen LogP contribution in [0.3, 0.4) is 0 Å². The molecule has 6 amide bonds. The van der Waals surface area contributed by atoms with Gasteiger partial charge in [-0.25, -0.2) is 4.79 Å². The molecule has 17 nitrogen and oxygen atoms in total. The van der Waals surface area contributed by atoms with Crippen LogP contribution in [0, 0.1) is 11.3 Å². The number of methoxy groups -OCH3 is 1. The van der Waals surface area contributed by atoms with Gasteiger partial charge in [-0.3, -0.25) is 28.8 Å². The minimum Gasteiger partial charge on any atom is -0.491 e. The highest BCUT2D eigenvalue weighted by Gasteiger charge is 2.32. The summed E-state index contributed by atoms with van der Waals surface area (Å²) in [6.45, 7) is 11.3. The van der Waals surface area contributed by atoms with Gasteiger partial charge in [0, 0.05) is 45.2 Å². The number of aliphatic carboxylic acids is 1. The predicted octanol–water partition coefficient (Wildman–Crippen LogP) is 3.18. The lowest BCUT2D eigenvalue weighted by atomic mass is 9.97. The molecule has 4 atom stereocenters. The zero-order valence-electron chi connectivity index (χ0n) is 34.5. The Morgan fingerprint density at radius 3 is 1.98 bits per heavy atom. The maximum Gasteiger partial charge on any atom is 0.312 e. The molecule has 2 aromatic rings. The molecule has 1 unspecified atom stereocenters. The van der Waals surface area contributed by atoms with Gasteiger partial charge in [0.15, 0.2) is 0 Å². The molecule has 58 heavy (non-hydrogen) atoms. The Morgan fingerprint density at radius 1 is 0.776 bits per heavy atom. The Labute approximate surface area is 339 Å². The molecule has 8 N–H and O–H groups in total. The molecule has 2 aromatic carbocycles. The molecular weight excluding hydrogens is 752 g/mol. The van der Waals surface area contributed by atoms with Gasteiger partial charge in [-0.05, 0) is 81.8 Å². The average Bonchev–Trinajstić information content (AvgIpc) is 3.15. The molecule has 0 aliphatic heterocycles. The third-order valence-electron chi connectivity index (χ3n) is 8.70. The van der Waals surface area contributed by atoms with Gasteiger partial charge < -0.3 is 51.6 Å². The van der Waals surface area contributed by atoms with Crippen LogP contribution in [0.15, 0.2) is 48.5 Å². The van der Waals surface area contributed by atoms with Crippen molar-refractivity contribution in [3.63, 3.8) is 0 Å². The number of urea groups is 1. The first kappa shape index (κ1) is 48.4. The highest BCUT2D eigenvalue weighted by atomic mass is 16.5. The number of anilines is 1. The Hall–Kier alpha value is -5.71. The lowest BCUT2D eigenvalue weighted by Gasteiger charge is -2.27. The number of carbonyl (C=O) groups is 7. The molecule has 2 rings (SSSR count). The van der Waals surface area contributed by atoms with Crippen molar-refractivity contribution < 1.29 is 52.9 Å². The number of rotatable bonds is 24. The summed E-state index contributed by atoms with van der Waals surface area (Å²) in [5, 5.41) is 22.3. The number of esters is 1. The Kier molecular flexibility index (Phi) is 20.2. The van der Waals surface area contributed by atoms with E-state index in [0.29, 0.717) is 35.6 Å². The lowest BCUT2D eigenvalue weighted by Crippen LogP contribution is -2.58. The molecule has 0 radical (unpaired) electrons. The summed E-state index contributed by atoms with van der Waals surface area (Å²) >= 11 is 0. The van der Waals surface area contributed by atoms with Crippen molar-refractivity contribution in [2.75, 3.05) is 25.6 Å². The summed E-state index contributed by atoms with van der Waals surface area (Å²) in [4.78, 5) is 88.5. The van der Waals surface area contributed by atoms with Crippen molar-refractivity contribution in [1.29, 1.82) is 0 Å². The summed E-state index contributed by atoms with van der Waals surface area (Å²) in [7, 11) is 1.61.